The number of amides is 1. The average Bonchev–Trinajstić information content (AvgIpc) is 3.51. The van der Waals surface area contributed by atoms with Crippen LogP contribution in [0.15, 0.2) is 53.4 Å². The smallest absolute Gasteiger partial charge is 0.376 e. The van der Waals surface area contributed by atoms with Gasteiger partial charge in [-0.25, -0.2) is 8.42 Å². The van der Waals surface area contributed by atoms with Crippen molar-refractivity contribution in [2.24, 2.45) is 5.92 Å². The van der Waals surface area contributed by atoms with E-state index in [-0.39, 0.29) is 28.3 Å². The first-order valence-corrected chi connectivity index (χ1v) is 11.5. The molecular formula is C22H24F3NO4S. The minimum atomic E-state index is -4.82. The number of rotatable bonds is 8. The quantitative estimate of drug-likeness (QED) is 0.625. The van der Waals surface area contributed by atoms with Gasteiger partial charge in [0.15, 0.2) is 15.4 Å². The number of sulfone groups is 1. The molecule has 1 amide bonds. The molecule has 1 aliphatic carbocycles. The van der Waals surface area contributed by atoms with Crippen LogP contribution in [0.1, 0.15) is 37.3 Å². The van der Waals surface area contributed by atoms with E-state index in [1.165, 1.54) is 24.3 Å². The Kier molecular flexibility index (Phi) is 6.48. The lowest BCUT2D eigenvalue weighted by molar-refractivity contribution is -0.258. The summed E-state index contributed by atoms with van der Waals surface area (Å²) in [6, 6.07) is 10.9. The molecule has 0 aromatic heterocycles. The number of hydrogen-bond donors (Lipinski definition) is 2. The highest BCUT2D eigenvalue weighted by atomic mass is 32.2. The van der Waals surface area contributed by atoms with E-state index in [1.807, 2.05) is 0 Å². The second-order valence-electron chi connectivity index (χ2n) is 8.07. The Morgan fingerprint density at radius 2 is 1.65 bits per heavy atom. The minimum Gasteiger partial charge on any atom is -0.376 e. The molecule has 0 heterocycles. The topological polar surface area (TPSA) is 83.5 Å². The van der Waals surface area contributed by atoms with E-state index in [4.69, 9.17) is 0 Å². The van der Waals surface area contributed by atoms with Crippen LogP contribution in [0.2, 0.25) is 0 Å². The third-order valence-electron chi connectivity index (χ3n) is 5.42. The normalized spacial score (nSPS) is 16.5. The number of hydrogen-bond acceptors (Lipinski definition) is 4. The molecule has 168 valence electrons. The van der Waals surface area contributed by atoms with Crippen molar-refractivity contribution in [1.29, 1.82) is 0 Å². The van der Waals surface area contributed by atoms with E-state index in [0.29, 0.717) is 24.8 Å². The molecule has 0 radical (unpaired) electrons. The van der Waals surface area contributed by atoms with Crippen LogP contribution in [0, 0.1) is 5.92 Å². The van der Waals surface area contributed by atoms with E-state index in [9.17, 15) is 31.5 Å². The van der Waals surface area contributed by atoms with Gasteiger partial charge in [-0.15, -0.1) is 0 Å². The summed E-state index contributed by atoms with van der Waals surface area (Å²) >= 11 is 0. The predicted molar refractivity (Wildman–Crippen MR) is 110 cm³/mol. The SMILES string of the molecule is CC(O)(c1ccc(NC(=O)Cc2ccc(S(=O)(=O)CCC3CC3)cc2)cc1)C(F)(F)F. The number of benzene rings is 2. The molecule has 3 rings (SSSR count). The van der Waals surface area contributed by atoms with Gasteiger partial charge in [0.2, 0.25) is 5.91 Å². The lowest BCUT2D eigenvalue weighted by Crippen LogP contribution is -2.39. The molecule has 1 atom stereocenters. The van der Waals surface area contributed by atoms with Crippen molar-refractivity contribution < 1.29 is 31.5 Å². The van der Waals surface area contributed by atoms with Gasteiger partial charge in [0.25, 0.3) is 0 Å². The van der Waals surface area contributed by atoms with E-state index < -0.39 is 27.5 Å². The fraction of sp³-hybridized carbons (Fsp3) is 0.409. The van der Waals surface area contributed by atoms with E-state index in [2.05, 4.69) is 5.32 Å². The Morgan fingerprint density at radius 3 is 2.16 bits per heavy atom. The molecule has 1 fully saturated rings. The maximum absolute atomic E-state index is 12.9. The van der Waals surface area contributed by atoms with Gasteiger partial charge >= 0.3 is 6.18 Å². The van der Waals surface area contributed by atoms with Crippen LogP contribution < -0.4 is 5.32 Å². The molecule has 1 unspecified atom stereocenters. The van der Waals surface area contributed by atoms with Crippen LogP contribution >= 0.6 is 0 Å². The van der Waals surface area contributed by atoms with Crippen molar-refractivity contribution in [3.8, 4) is 0 Å². The van der Waals surface area contributed by atoms with Crippen LogP contribution in [0.25, 0.3) is 0 Å². The van der Waals surface area contributed by atoms with Crippen molar-refractivity contribution >= 4 is 21.4 Å². The first-order valence-electron chi connectivity index (χ1n) is 9.90. The Morgan fingerprint density at radius 1 is 1.06 bits per heavy atom. The monoisotopic (exact) mass is 455 g/mol. The van der Waals surface area contributed by atoms with E-state index in [1.54, 1.807) is 12.1 Å². The summed E-state index contributed by atoms with van der Waals surface area (Å²) in [5.41, 5.74) is -2.44. The Balaban J connectivity index is 1.58. The molecule has 31 heavy (non-hydrogen) atoms. The highest BCUT2D eigenvalue weighted by molar-refractivity contribution is 7.91. The molecule has 2 aromatic rings. The van der Waals surface area contributed by atoms with E-state index in [0.717, 1.165) is 25.0 Å². The van der Waals surface area contributed by atoms with Gasteiger partial charge in [-0.05, 0) is 54.7 Å². The van der Waals surface area contributed by atoms with Crippen LogP contribution in [0.4, 0.5) is 18.9 Å². The second kappa shape index (κ2) is 8.63. The highest BCUT2D eigenvalue weighted by Gasteiger charge is 2.51. The maximum atomic E-state index is 12.9. The number of carbonyl (C=O) groups is 1. The minimum absolute atomic E-state index is 0.0234. The second-order valence-corrected chi connectivity index (χ2v) is 10.2. The lowest BCUT2D eigenvalue weighted by Gasteiger charge is -2.26. The fourth-order valence-electron chi connectivity index (χ4n) is 3.09. The van der Waals surface area contributed by atoms with Gasteiger partial charge in [0, 0.05) is 5.69 Å². The average molecular weight is 455 g/mol. The number of alkyl halides is 3. The van der Waals surface area contributed by atoms with Crippen LogP contribution in [0.5, 0.6) is 0 Å². The van der Waals surface area contributed by atoms with Crippen molar-refractivity contribution in [2.45, 2.75) is 49.3 Å². The molecule has 0 spiro atoms. The van der Waals surface area contributed by atoms with Crippen LogP contribution in [-0.2, 0) is 26.7 Å². The molecule has 5 nitrogen and oxygen atoms in total. The summed E-state index contributed by atoms with van der Waals surface area (Å²) in [6.07, 6.45) is -1.99. The zero-order valence-corrected chi connectivity index (χ0v) is 17.8. The van der Waals surface area contributed by atoms with Crippen LogP contribution in [0.3, 0.4) is 0 Å². The standard InChI is InChI=1S/C22H24F3NO4S/c1-21(28,22(23,24)25)17-6-8-18(9-7-17)26-20(27)14-16-4-10-19(11-5-16)31(29,30)13-12-15-2-3-15/h4-11,15,28H,2-3,12-14H2,1H3,(H,26,27). The van der Waals surface area contributed by atoms with Crippen molar-refractivity contribution in [3.63, 3.8) is 0 Å². The molecule has 9 heteroatoms. The number of halogens is 3. The maximum Gasteiger partial charge on any atom is 0.421 e. The van der Waals surface area contributed by atoms with Gasteiger partial charge in [0.1, 0.15) is 0 Å². The first kappa shape index (κ1) is 23.3. The Labute approximate surface area is 179 Å². The highest BCUT2D eigenvalue weighted by Crippen LogP contribution is 2.38. The third kappa shape index (κ3) is 5.86. The fourth-order valence-corrected chi connectivity index (χ4v) is 4.52. The number of carbonyl (C=O) groups excluding carboxylic acids is 1. The number of anilines is 1. The summed E-state index contributed by atoms with van der Waals surface area (Å²) < 4.78 is 63.4. The zero-order valence-electron chi connectivity index (χ0n) is 16.9. The van der Waals surface area contributed by atoms with Crippen LogP contribution in [-0.4, -0.2) is 31.4 Å². The summed E-state index contributed by atoms with van der Waals surface area (Å²) in [6.45, 7) is 0.663. The molecule has 0 saturated heterocycles. The summed E-state index contributed by atoms with van der Waals surface area (Å²) in [5.74, 6) is 0.236. The Bertz CT molecular complexity index is 1030. The molecule has 0 aliphatic heterocycles. The largest absolute Gasteiger partial charge is 0.421 e. The molecule has 1 saturated carbocycles. The molecule has 2 N–H and O–H groups in total. The molecule has 0 bridgehead atoms. The van der Waals surface area contributed by atoms with Gasteiger partial charge in [-0.1, -0.05) is 37.1 Å². The molecule has 1 aliphatic rings. The zero-order chi connectivity index (χ0) is 22.9. The lowest BCUT2D eigenvalue weighted by atomic mass is 9.95. The first-order chi connectivity index (χ1) is 14.4. The van der Waals surface area contributed by atoms with Crippen molar-refractivity contribution in [2.75, 3.05) is 11.1 Å². The third-order valence-corrected chi connectivity index (χ3v) is 7.19. The molecule has 2 aromatic carbocycles. The molecular weight excluding hydrogens is 431 g/mol. The number of aliphatic hydroxyl groups is 1. The summed E-state index contributed by atoms with van der Waals surface area (Å²) in [4.78, 5) is 12.5. The number of nitrogens with one attached hydrogen (secondary N) is 1. The Hall–Kier alpha value is -2.39. The summed E-state index contributed by atoms with van der Waals surface area (Å²) in [7, 11) is -3.34. The van der Waals surface area contributed by atoms with Gasteiger partial charge < -0.3 is 10.4 Å². The predicted octanol–water partition coefficient (Wildman–Crippen LogP) is 4.21. The van der Waals surface area contributed by atoms with Crippen molar-refractivity contribution in [3.05, 3.63) is 59.7 Å². The van der Waals surface area contributed by atoms with Gasteiger partial charge in [-0.2, -0.15) is 13.2 Å². The van der Waals surface area contributed by atoms with Gasteiger partial charge in [0.05, 0.1) is 17.1 Å². The summed E-state index contributed by atoms with van der Waals surface area (Å²) in [5, 5.41) is 12.3. The van der Waals surface area contributed by atoms with Crippen molar-refractivity contribution in [1.82, 2.24) is 0 Å². The van der Waals surface area contributed by atoms with E-state index >= 15 is 0 Å². The van der Waals surface area contributed by atoms with Gasteiger partial charge in [-0.3, -0.25) is 4.79 Å².